The zero-order valence-electron chi connectivity index (χ0n) is 16.3. The summed E-state index contributed by atoms with van der Waals surface area (Å²) in [7, 11) is 2.14. The molecule has 0 bridgehead atoms. The Hall–Kier alpha value is -2.72. The Bertz CT molecular complexity index is 1130. The summed E-state index contributed by atoms with van der Waals surface area (Å²) in [4.78, 5) is 22.1. The fraction of sp³-hybridized carbons (Fsp3) is 0.368. The average Bonchev–Trinajstić information content (AvgIpc) is 3.29. The van der Waals surface area contributed by atoms with Crippen LogP contribution in [0, 0.1) is 0 Å². The van der Waals surface area contributed by atoms with E-state index in [1.165, 1.54) is 0 Å². The zero-order chi connectivity index (χ0) is 20.0. The van der Waals surface area contributed by atoms with Crippen molar-refractivity contribution >= 4 is 44.5 Å². The van der Waals surface area contributed by atoms with Gasteiger partial charge in [-0.15, -0.1) is 0 Å². The van der Waals surface area contributed by atoms with Gasteiger partial charge in [0, 0.05) is 25.7 Å². The standard InChI is InChI=1S/C19H22BrN9/c1-12-11-27(2)7-8-28(12)19-25-17-13(20)9-22-29(17)18(26-19)21-10-16-23-14-5-3-4-6-15(14)24-16/h3-6,9,12H,7-8,10-11H2,1-2H3,(H,23,24)(H,21,25,26). The summed E-state index contributed by atoms with van der Waals surface area (Å²) in [5.74, 6) is 2.20. The number of hydrogen-bond donors (Lipinski definition) is 2. The summed E-state index contributed by atoms with van der Waals surface area (Å²) < 4.78 is 2.56. The first-order valence-electron chi connectivity index (χ1n) is 9.62. The summed E-state index contributed by atoms with van der Waals surface area (Å²) in [6.45, 7) is 5.58. The van der Waals surface area contributed by atoms with Crippen molar-refractivity contribution < 1.29 is 0 Å². The number of imidazole rings is 1. The lowest BCUT2D eigenvalue weighted by atomic mass is 10.2. The molecule has 10 heteroatoms. The van der Waals surface area contributed by atoms with Gasteiger partial charge in [-0.05, 0) is 42.0 Å². The number of nitrogens with zero attached hydrogens (tertiary/aromatic N) is 7. The number of aromatic nitrogens is 6. The van der Waals surface area contributed by atoms with Gasteiger partial charge in [0.15, 0.2) is 5.65 Å². The van der Waals surface area contributed by atoms with Crippen molar-refractivity contribution in [2.24, 2.45) is 0 Å². The third-order valence-corrected chi connectivity index (χ3v) is 5.81. The Morgan fingerprint density at radius 2 is 2.07 bits per heavy atom. The number of fused-ring (bicyclic) bond motifs is 2. The molecular formula is C19H22BrN9. The number of H-pyrrole nitrogens is 1. The molecule has 1 atom stereocenters. The number of halogens is 1. The molecule has 0 spiro atoms. The molecule has 4 heterocycles. The third-order valence-electron chi connectivity index (χ3n) is 5.25. The van der Waals surface area contributed by atoms with Crippen molar-refractivity contribution in [2.75, 3.05) is 36.9 Å². The van der Waals surface area contributed by atoms with Gasteiger partial charge in [-0.3, -0.25) is 0 Å². The molecule has 1 saturated heterocycles. The van der Waals surface area contributed by atoms with Gasteiger partial charge in [0.25, 0.3) is 0 Å². The average molecular weight is 456 g/mol. The maximum absolute atomic E-state index is 4.81. The van der Waals surface area contributed by atoms with Gasteiger partial charge in [-0.2, -0.15) is 19.6 Å². The first kappa shape index (κ1) is 18.3. The number of benzene rings is 1. The van der Waals surface area contributed by atoms with Crippen LogP contribution in [0.5, 0.6) is 0 Å². The Morgan fingerprint density at radius 1 is 1.21 bits per heavy atom. The first-order chi connectivity index (χ1) is 14.1. The molecule has 5 rings (SSSR count). The monoisotopic (exact) mass is 455 g/mol. The third kappa shape index (κ3) is 3.42. The molecule has 1 unspecified atom stereocenters. The number of hydrogen-bond acceptors (Lipinski definition) is 7. The van der Waals surface area contributed by atoms with Crippen LogP contribution in [0.15, 0.2) is 34.9 Å². The van der Waals surface area contributed by atoms with E-state index in [2.05, 4.69) is 60.1 Å². The molecule has 1 fully saturated rings. The Labute approximate surface area is 176 Å². The topological polar surface area (TPSA) is 90.3 Å². The highest BCUT2D eigenvalue weighted by Crippen LogP contribution is 2.24. The number of rotatable bonds is 4. The number of nitrogens with one attached hydrogen (secondary N) is 2. The number of piperazine rings is 1. The lowest BCUT2D eigenvalue weighted by Crippen LogP contribution is -2.51. The lowest BCUT2D eigenvalue weighted by molar-refractivity contribution is 0.273. The molecule has 1 aliphatic rings. The molecule has 1 aromatic carbocycles. The molecular weight excluding hydrogens is 434 g/mol. The van der Waals surface area contributed by atoms with E-state index in [1.54, 1.807) is 10.7 Å². The van der Waals surface area contributed by atoms with Crippen molar-refractivity contribution in [1.29, 1.82) is 0 Å². The molecule has 0 radical (unpaired) electrons. The molecule has 150 valence electrons. The second-order valence-corrected chi connectivity index (χ2v) is 8.29. The highest BCUT2D eigenvalue weighted by molar-refractivity contribution is 9.10. The van der Waals surface area contributed by atoms with Crippen LogP contribution in [0.4, 0.5) is 11.9 Å². The molecule has 1 aliphatic heterocycles. The van der Waals surface area contributed by atoms with Crippen LogP contribution in [0.25, 0.3) is 16.7 Å². The fourth-order valence-corrected chi connectivity index (χ4v) is 4.12. The van der Waals surface area contributed by atoms with Crippen molar-refractivity contribution in [3.63, 3.8) is 0 Å². The second kappa shape index (κ2) is 7.27. The summed E-state index contributed by atoms with van der Waals surface area (Å²) in [5, 5.41) is 7.79. The molecule has 0 amide bonds. The minimum absolute atomic E-state index is 0.334. The van der Waals surface area contributed by atoms with Crippen molar-refractivity contribution in [2.45, 2.75) is 19.5 Å². The predicted molar refractivity (Wildman–Crippen MR) is 116 cm³/mol. The summed E-state index contributed by atoms with van der Waals surface area (Å²) in [5.41, 5.74) is 2.71. The number of likely N-dealkylation sites (N-methyl/N-ethyl adjacent to an activating group) is 1. The van der Waals surface area contributed by atoms with Gasteiger partial charge in [-0.1, -0.05) is 12.1 Å². The SMILES string of the molecule is CC1CN(C)CCN1c1nc(NCc2nc3ccccc3[nH]2)n2ncc(Br)c2n1. The van der Waals surface area contributed by atoms with E-state index in [0.29, 0.717) is 24.5 Å². The van der Waals surface area contributed by atoms with Gasteiger partial charge in [0.05, 0.1) is 28.2 Å². The van der Waals surface area contributed by atoms with Gasteiger partial charge in [0.1, 0.15) is 5.82 Å². The smallest absolute Gasteiger partial charge is 0.231 e. The highest BCUT2D eigenvalue weighted by Gasteiger charge is 2.25. The summed E-state index contributed by atoms with van der Waals surface area (Å²) in [6, 6.07) is 8.33. The molecule has 2 N–H and O–H groups in total. The van der Waals surface area contributed by atoms with Crippen LogP contribution in [0.3, 0.4) is 0 Å². The lowest BCUT2D eigenvalue weighted by Gasteiger charge is -2.38. The van der Waals surface area contributed by atoms with Crippen LogP contribution < -0.4 is 10.2 Å². The van der Waals surface area contributed by atoms with Crippen molar-refractivity contribution in [1.82, 2.24) is 34.4 Å². The van der Waals surface area contributed by atoms with Crippen LogP contribution in [-0.4, -0.2) is 67.2 Å². The van der Waals surface area contributed by atoms with Crippen molar-refractivity contribution in [3.8, 4) is 0 Å². The van der Waals surface area contributed by atoms with Gasteiger partial charge in [0.2, 0.25) is 11.9 Å². The van der Waals surface area contributed by atoms with E-state index in [9.17, 15) is 0 Å². The fourth-order valence-electron chi connectivity index (χ4n) is 3.77. The summed E-state index contributed by atoms with van der Waals surface area (Å²) >= 11 is 3.56. The van der Waals surface area contributed by atoms with E-state index in [1.807, 2.05) is 24.3 Å². The van der Waals surface area contributed by atoms with E-state index >= 15 is 0 Å². The van der Waals surface area contributed by atoms with Crippen molar-refractivity contribution in [3.05, 3.63) is 40.8 Å². The number of anilines is 2. The molecule has 0 saturated carbocycles. The Balaban J connectivity index is 1.47. The van der Waals surface area contributed by atoms with Crippen LogP contribution in [0.1, 0.15) is 12.7 Å². The maximum atomic E-state index is 4.81. The molecule has 9 nitrogen and oxygen atoms in total. The maximum Gasteiger partial charge on any atom is 0.231 e. The van der Waals surface area contributed by atoms with Gasteiger partial charge < -0.3 is 20.1 Å². The zero-order valence-corrected chi connectivity index (χ0v) is 17.9. The van der Waals surface area contributed by atoms with Crippen LogP contribution in [0.2, 0.25) is 0 Å². The number of para-hydroxylation sites is 2. The molecule has 3 aromatic heterocycles. The van der Waals surface area contributed by atoms with Gasteiger partial charge in [-0.25, -0.2) is 4.98 Å². The Kier molecular flexibility index (Phi) is 4.59. The normalized spacial score (nSPS) is 18.0. The molecule has 4 aromatic rings. The van der Waals surface area contributed by atoms with Gasteiger partial charge >= 0.3 is 0 Å². The predicted octanol–water partition coefficient (Wildman–Crippen LogP) is 2.52. The largest absolute Gasteiger partial charge is 0.347 e. The first-order valence-corrected chi connectivity index (χ1v) is 10.4. The second-order valence-electron chi connectivity index (χ2n) is 7.43. The quantitative estimate of drug-likeness (QED) is 0.488. The molecule has 29 heavy (non-hydrogen) atoms. The highest BCUT2D eigenvalue weighted by atomic mass is 79.9. The Morgan fingerprint density at radius 3 is 2.90 bits per heavy atom. The summed E-state index contributed by atoms with van der Waals surface area (Å²) in [6.07, 6.45) is 1.74. The molecule has 0 aliphatic carbocycles. The van der Waals surface area contributed by atoms with E-state index in [-0.39, 0.29) is 0 Å². The number of aromatic amines is 1. The minimum Gasteiger partial charge on any atom is -0.347 e. The minimum atomic E-state index is 0.334. The van der Waals surface area contributed by atoms with E-state index < -0.39 is 0 Å². The van der Waals surface area contributed by atoms with Crippen LogP contribution in [-0.2, 0) is 6.54 Å². The van der Waals surface area contributed by atoms with E-state index in [0.717, 1.165) is 46.6 Å². The van der Waals surface area contributed by atoms with Crippen LogP contribution >= 0.6 is 15.9 Å². The van der Waals surface area contributed by atoms with E-state index in [4.69, 9.17) is 9.97 Å².